The van der Waals surface area contributed by atoms with Gasteiger partial charge in [0.05, 0.1) is 18.4 Å². The molecule has 0 bridgehead atoms. The third-order valence-corrected chi connectivity index (χ3v) is 3.23. The molecule has 0 radical (unpaired) electrons. The van der Waals surface area contributed by atoms with Gasteiger partial charge in [0.2, 0.25) is 0 Å². The third-order valence-electron chi connectivity index (χ3n) is 3.01. The molecule has 0 fully saturated rings. The minimum absolute atomic E-state index is 0.167. The summed E-state index contributed by atoms with van der Waals surface area (Å²) in [4.78, 5) is 27.6. The van der Waals surface area contributed by atoms with E-state index in [0.29, 0.717) is 0 Å². The van der Waals surface area contributed by atoms with Crippen LogP contribution in [-0.2, 0) is 9.53 Å². The first-order valence-electron chi connectivity index (χ1n) is 6.60. The lowest BCUT2D eigenvalue weighted by atomic mass is 10.1. The molecule has 0 aliphatic rings. The van der Waals surface area contributed by atoms with Crippen LogP contribution in [0.1, 0.15) is 10.6 Å². The summed E-state index contributed by atoms with van der Waals surface area (Å²) in [6.45, 7) is 0. The van der Waals surface area contributed by atoms with Crippen LogP contribution < -0.4 is 10.6 Å². The van der Waals surface area contributed by atoms with Gasteiger partial charge in [-0.15, -0.1) is 0 Å². The van der Waals surface area contributed by atoms with Crippen molar-refractivity contribution >= 4 is 29.3 Å². The minimum Gasteiger partial charge on any atom is -0.466 e. The predicted molar refractivity (Wildman–Crippen MR) is 79.8 cm³/mol. The van der Waals surface area contributed by atoms with Crippen LogP contribution in [0.3, 0.4) is 0 Å². The Bertz CT molecular complexity index is 750. The highest BCUT2D eigenvalue weighted by Crippen LogP contribution is 2.33. The van der Waals surface area contributed by atoms with Gasteiger partial charge in [-0.3, -0.25) is 4.79 Å². The van der Waals surface area contributed by atoms with Gasteiger partial charge in [0.15, 0.2) is 5.76 Å². The Morgan fingerprint density at radius 3 is 2.48 bits per heavy atom. The maximum absolute atomic E-state index is 13.7. The molecule has 0 spiro atoms. The molecule has 0 aliphatic carbocycles. The van der Waals surface area contributed by atoms with E-state index in [1.807, 2.05) is 5.32 Å². The van der Waals surface area contributed by atoms with E-state index in [-0.39, 0.29) is 10.8 Å². The number of furan rings is 1. The number of alkyl halides is 3. The van der Waals surface area contributed by atoms with E-state index in [1.165, 1.54) is 12.1 Å². The van der Waals surface area contributed by atoms with Crippen LogP contribution in [0.5, 0.6) is 0 Å². The molecule has 25 heavy (non-hydrogen) atoms. The van der Waals surface area contributed by atoms with Gasteiger partial charge >= 0.3 is 17.8 Å². The van der Waals surface area contributed by atoms with Crippen molar-refractivity contribution in [2.24, 2.45) is 0 Å². The number of ether oxygens (including phenoxy) is 1. The number of anilines is 1. The second-order valence-corrected chi connectivity index (χ2v) is 5.09. The highest BCUT2D eigenvalue weighted by molar-refractivity contribution is 6.30. The number of halogens is 4. The molecule has 0 aliphatic heterocycles. The lowest BCUT2D eigenvalue weighted by Crippen LogP contribution is -2.69. The Hall–Kier alpha value is -2.75. The number of carbonyl (C=O) groups excluding carboxylic acids is 2. The van der Waals surface area contributed by atoms with Gasteiger partial charge < -0.3 is 19.8 Å². The predicted octanol–water partition coefficient (Wildman–Crippen LogP) is 2.60. The van der Waals surface area contributed by atoms with Gasteiger partial charge in [-0.25, -0.2) is 9.78 Å². The molecule has 1 amide bonds. The SMILES string of the molecule is COC(=O)[C@@](NC(=O)c1ccco1)(Nc1ccc(Cl)cn1)C(F)(F)F. The number of hydrogen-bond donors (Lipinski definition) is 2. The molecule has 1 atom stereocenters. The molecule has 2 heterocycles. The zero-order valence-corrected chi connectivity index (χ0v) is 13.3. The van der Waals surface area contributed by atoms with Crippen LogP contribution in [0.2, 0.25) is 5.02 Å². The lowest BCUT2D eigenvalue weighted by Gasteiger charge is -2.34. The molecular formula is C14H11ClF3N3O4. The standard InChI is InChI=1S/C14H11ClF3N3O4/c1-24-12(23)13(14(16,17)18,20-10-5-4-8(15)7-19-10)21-11(22)9-3-2-6-25-9/h2-7H,1H3,(H,19,20)(H,21,22)/t13-/m0/s1. The first-order chi connectivity index (χ1) is 11.7. The van der Waals surface area contributed by atoms with E-state index >= 15 is 0 Å². The summed E-state index contributed by atoms with van der Waals surface area (Å²) >= 11 is 5.63. The summed E-state index contributed by atoms with van der Waals surface area (Å²) in [5.74, 6) is -3.87. The monoisotopic (exact) mass is 377 g/mol. The van der Waals surface area contributed by atoms with E-state index in [4.69, 9.17) is 16.0 Å². The Kier molecular flexibility index (Phi) is 5.21. The Balaban J connectivity index is 2.46. The van der Waals surface area contributed by atoms with E-state index in [9.17, 15) is 22.8 Å². The fraction of sp³-hybridized carbons (Fsp3) is 0.214. The summed E-state index contributed by atoms with van der Waals surface area (Å²) in [6.07, 6.45) is -3.11. The summed E-state index contributed by atoms with van der Waals surface area (Å²) in [7, 11) is 0.749. The number of amides is 1. The van der Waals surface area contributed by atoms with E-state index < -0.39 is 29.5 Å². The normalized spacial score (nSPS) is 13.6. The number of methoxy groups -OCH3 is 1. The maximum atomic E-state index is 13.7. The highest BCUT2D eigenvalue weighted by Gasteiger charge is 2.64. The van der Waals surface area contributed by atoms with Crippen LogP contribution in [0.15, 0.2) is 41.1 Å². The van der Waals surface area contributed by atoms with Gasteiger partial charge in [-0.05, 0) is 24.3 Å². The van der Waals surface area contributed by atoms with E-state index in [2.05, 4.69) is 9.72 Å². The van der Waals surface area contributed by atoms with Crippen LogP contribution in [0.25, 0.3) is 0 Å². The molecular weight excluding hydrogens is 367 g/mol. The summed E-state index contributed by atoms with van der Waals surface area (Å²) in [5.41, 5.74) is -3.59. The Labute approximate surface area is 144 Å². The number of esters is 1. The average molecular weight is 378 g/mol. The van der Waals surface area contributed by atoms with Crippen LogP contribution in [-0.4, -0.2) is 35.8 Å². The topological polar surface area (TPSA) is 93.5 Å². The molecule has 2 aromatic rings. The lowest BCUT2D eigenvalue weighted by molar-refractivity contribution is -0.203. The van der Waals surface area contributed by atoms with Crippen LogP contribution >= 0.6 is 11.6 Å². The molecule has 2 N–H and O–H groups in total. The van der Waals surface area contributed by atoms with Crippen molar-refractivity contribution in [2.45, 2.75) is 11.8 Å². The van der Waals surface area contributed by atoms with Crippen LogP contribution in [0.4, 0.5) is 19.0 Å². The van der Waals surface area contributed by atoms with Crippen molar-refractivity contribution in [1.82, 2.24) is 10.3 Å². The molecule has 0 saturated heterocycles. The largest absolute Gasteiger partial charge is 0.466 e. The van der Waals surface area contributed by atoms with Gasteiger partial charge in [0, 0.05) is 6.20 Å². The number of aromatic nitrogens is 1. The maximum Gasteiger partial charge on any atom is 0.441 e. The molecule has 134 valence electrons. The van der Waals surface area contributed by atoms with Crippen molar-refractivity contribution in [3.8, 4) is 0 Å². The van der Waals surface area contributed by atoms with Crippen molar-refractivity contribution in [3.63, 3.8) is 0 Å². The van der Waals surface area contributed by atoms with Gasteiger partial charge in [-0.1, -0.05) is 11.6 Å². The quantitative estimate of drug-likeness (QED) is 0.614. The zero-order valence-electron chi connectivity index (χ0n) is 12.6. The smallest absolute Gasteiger partial charge is 0.441 e. The van der Waals surface area contributed by atoms with Gasteiger partial charge in [0.25, 0.3) is 5.91 Å². The van der Waals surface area contributed by atoms with Crippen molar-refractivity contribution in [2.75, 3.05) is 12.4 Å². The fourth-order valence-electron chi connectivity index (χ4n) is 1.83. The van der Waals surface area contributed by atoms with Crippen molar-refractivity contribution in [1.29, 1.82) is 0 Å². The first-order valence-corrected chi connectivity index (χ1v) is 6.98. The van der Waals surface area contributed by atoms with Crippen molar-refractivity contribution < 1.29 is 31.9 Å². The molecule has 0 saturated carbocycles. The van der Waals surface area contributed by atoms with E-state index in [0.717, 1.165) is 31.7 Å². The molecule has 2 rings (SSSR count). The molecule has 0 unspecified atom stereocenters. The molecule has 2 aromatic heterocycles. The second-order valence-electron chi connectivity index (χ2n) is 4.66. The van der Waals surface area contributed by atoms with Crippen molar-refractivity contribution in [3.05, 3.63) is 47.5 Å². The van der Waals surface area contributed by atoms with Gasteiger partial charge in [-0.2, -0.15) is 13.2 Å². The molecule has 7 nitrogen and oxygen atoms in total. The fourth-order valence-corrected chi connectivity index (χ4v) is 1.94. The first kappa shape index (κ1) is 18.6. The number of nitrogens with one attached hydrogen (secondary N) is 2. The molecule has 11 heteroatoms. The average Bonchev–Trinajstić information content (AvgIpc) is 3.09. The van der Waals surface area contributed by atoms with Gasteiger partial charge in [0.1, 0.15) is 5.82 Å². The Morgan fingerprint density at radius 1 is 1.28 bits per heavy atom. The van der Waals surface area contributed by atoms with Crippen LogP contribution in [0, 0.1) is 0 Å². The number of rotatable bonds is 5. The minimum atomic E-state index is -5.27. The summed E-state index contributed by atoms with van der Waals surface area (Å²) in [5, 5.41) is 3.60. The Morgan fingerprint density at radius 2 is 2.00 bits per heavy atom. The highest BCUT2D eigenvalue weighted by atomic mass is 35.5. The second kappa shape index (κ2) is 7.01. The summed E-state index contributed by atoms with van der Waals surface area (Å²) < 4.78 is 50.1. The number of pyridine rings is 1. The number of nitrogens with zero attached hydrogens (tertiary/aromatic N) is 1. The number of hydrogen-bond acceptors (Lipinski definition) is 6. The summed E-state index contributed by atoms with van der Waals surface area (Å²) in [6, 6.07) is 4.79. The third kappa shape index (κ3) is 3.85. The zero-order chi connectivity index (χ0) is 18.7. The number of carbonyl (C=O) groups is 2. The van der Waals surface area contributed by atoms with E-state index in [1.54, 1.807) is 5.32 Å². The molecule has 0 aromatic carbocycles.